The summed E-state index contributed by atoms with van der Waals surface area (Å²) in [5.41, 5.74) is 5.88. The molecule has 0 aromatic carbocycles. The molecule has 3 heteroatoms. The average molecular weight is 240 g/mol. The monoisotopic (exact) mass is 240 g/mol. The summed E-state index contributed by atoms with van der Waals surface area (Å²) in [6.45, 7) is 9.22. The van der Waals surface area contributed by atoms with E-state index in [2.05, 4.69) is 18.7 Å². The molecule has 0 spiro atoms. The van der Waals surface area contributed by atoms with Crippen molar-refractivity contribution in [1.29, 1.82) is 0 Å². The molecule has 0 bridgehead atoms. The van der Waals surface area contributed by atoms with Gasteiger partial charge in [-0.2, -0.15) is 0 Å². The Kier molecular flexibility index (Phi) is 4.83. The lowest BCUT2D eigenvalue weighted by molar-refractivity contribution is -0.0118. The van der Waals surface area contributed by atoms with Gasteiger partial charge >= 0.3 is 0 Å². The van der Waals surface area contributed by atoms with Gasteiger partial charge in [-0.15, -0.1) is 0 Å². The van der Waals surface area contributed by atoms with Crippen LogP contribution < -0.4 is 5.73 Å². The minimum Gasteiger partial charge on any atom is -0.377 e. The highest BCUT2D eigenvalue weighted by molar-refractivity contribution is 4.81. The van der Waals surface area contributed by atoms with Crippen LogP contribution in [0, 0.1) is 11.8 Å². The van der Waals surface area contributed by atoms with Gasteiger partial charge in [0, 0.05) is 25.7 Å². The normalized spacial score (nSPS) is 31.8. The number of nitrogens with two attached hydrogens (primary N) is 1. The first-order chi connectivity index (χ1) is 8.15. The first-order valence-electron chi connectivity index (χ1n) is 7.24. The number of rotatable bonds is 5. The smallest absolute Gasteiger partial charge is 0.0597 e. The van der Waals surface area contributed by atoms with E-state index in [1.165, 1.54) is 13.1 Å². The van der Waals surface area contributed by atoms with Crippen LogP contribution in [0.5, 0.6) is 0 Å². The van der Waals surface area contributed by atoms with E-state index < -0.39 is 0 Å². The maximum Gasteiger partial charge on any atom is 0.0597 e. The molecule has 0 aromatic rings. The van der Waals surface area contributed by atoms with E-state index in [1.54, 1.807) is 0 Å². The number of nitrogens with zero attached hydrogens (tertiary/aromatic N) is 1. The van der Waals surface area contributed by atoms with Crippen LogP contribution in [0.15, 0.2) is 0 Å². The van der Waals surface area contributed by atoms with E-state index >= 15 is 0 Å². The Balaban J connectivity index is 1.50. The van der Waals surface area contributed by atoms with Crippen molar-refractivity contribution in [3.8, 4) is 0 Å². The summed E-state index contributed by atoms with van der Waals surface area (Å²) < 4.78 is 5.94. The molecule has 17 heavy (non-hydrogen) atoms. The fraction of sp³-hybridized carbons (Fsp3) is 1.00. The molecule has 0 amide bonds. The van der Waals surface area contributed by atoms with Crippen molar-refractivity contribution in [3.05, 3.63) is 0 Å². The van der Waals surface area contributed by atoms with Crippen LogP contribution in [0.25, 0.3) is 0 Å². The van der Waals surface area contributed by atoms with Gasteiger partial charge in [0.05, 0.1) is 12.7 Å². The largest absolute Gasteiger partial charge is 0.377 e. The Hall–Kier alpha value is -0.120. The van der Waals surface area contributed by atoms with Crippen LogP contribution >= 0.6 is 0 Å². The second kappa shape index (κ2) is 6.17. The first-order valence-corrected chi connectivity index (χ1v) is 7.24. The molecule has 0 atom stereocenters. The predicted molar refractivity (Wildman–Crippen MR) is 71.0 cm³/mol. The lowest BCUT2D eigenvalue weighted by atomic mass is 9.88. The third kappa shape index (κ3) is 3.94. The van der Waals surface area contributed by atoms with Crippen LogP contribution in [-0.2, 0) is 4.74 Å². The van der Waals surface area contributed by atoms with Gasteiger partial charge in [-0.25, -0.2) is 0 Å². The van der Waals surface area contributed by atoms with E-state index in [1.807, 2.05) is 0 Å². The molecule has 1 heterocycles. The van der Waals surface area contributed by atoms with Crippen molar-refractivity contribution >= 4 is 0 Å². The second-order valence-electron chi connectivity index (χ2n) is 6.17. The minimum absolute atomic E-state index is 0.428. The summed E-state index contributed by atoms with van der Waals surface area (Å²) in [4.78, 5) is 2.51. The van der Waals surface area contributed by atoms with Gasteiger partial charge < -0.3 is 15.4 Å². The van der Waals surface area contributed by atoms with E-state index in [0.29, 0.717) is 12.1 Å². The molecule has 2 aliphatic rings. The third-order valence-electron chi connectivity index (χ3n) is 4.41. The van der Waals surface area contributed by atoms with Gasteiger partial charge in [-0.1, -0.05) is 13.8 Å². The van der Waals surface area contributed by atoms with E-state index in [9.17, 15) is 0 Å². The van der Waals surface area contributed by atoms with E-state index in [-0.39, 0.29) is 0 Å². The van der Waals surface area contributed by atoms with Gasteiger partial charge in [-0.05, 0) is 37.5 Å². The van der Waals surface area contributed by atoms with E-state index in [4.69, 9.17) is 10.5 Å². The lowest BCUT2D eigenvalue weighted by Crippen LogP contribution is -2.50. The third-order valence-corrected chi connectivity index (χ3v) is 4.41. The zero-order valence-electron chi connectivity index (χ0n) is 11.4. The maximum absolute atomic E-state index is 5.94. The summed E-state index contributed by atoms with van der Waals surface area (Å²) in [7, 11) is 0. The predicted octanol–water partition coefficient (Wildman–Crippen LogP) is 1.86. The molecule has 0 radical (unpaired) electrons. The Morgan fingerprint density at radius 2 is 1.82 bits per heavy atom. The maximum atomic E-state index is 5.94. The average Bonchev–Trinajstić information content (AvgIpc) is 2.23. The van der Waals surface area contributed by atoms with Crippen LogP contribution in [-0.4, -0.2) is 43.3 Å². The highest BCUT2D eigenvalue weighted by Crippen LogP contribution is 2.23. The zero-order chi connectivity index (χ0) is 12.3. The fourth-order valence-corrected chi connectivity index (χ4v) is 2.82. The summed E-state index contributed by atoms with van der Waals surface area (Å²) in [6, 6.07) is 0.428. The second-order valence-corrected chi connectivity index (χ2v) is 6.17. The molecule has 1 saturated carbocycles. The van der Waals surface area contributed by atoms with Crippen molar-refractivity contribution in [2.24, 2.45) is 17.6 Å². The molecule has 1 aliphatic heterocycles. The van der Waals surface area contributed by atoms with Crippen molar-refractivity contribution in [2.75, 3.05) is 26.2 Å². The molecular weight excluding hydrogens is 212 g/mol. The van der Waals surface area contributed by atoms with Crippen molar-refractivity contribution in [2.45, 2.75) is 51.7 Å². The highest BCUT2D eigenvalue weighted by atomic mass is 16.5. The van der Waals surface area contributed by atoms with Crippen molar-refractivity contribution < 1.29 is 4.74 Å². The van der Waals surface area contributed by atoms with Crippen LogP contribution in [0.3, 0.4) is 0 Å². The first kappa shape index (κ1) is 13.3. The lowest BCUT2D eigenvalue weighted by Gasteiger charge is -2.41. The molecule has 2 rings (SSSR count). The van der Waals surface area contributed by atoms with Crippen molar-refractivity contribution in [3.63, 3.8) is 0 Å². The van der Waals surface area contributed by atoms with Gasteiger partial charge in [0.1, 0.15) is 0 Å². The fourth-order valence-electron chi connectivity index (χ4n) is 2.82. The number of likely N-dealkylation sites (tertiary alicyclic amines) is 1. The molecule has 3 nitrogen and oxygen atoms in total. The molecule has 0 aromatic heterocycles. The molecule has 0 unspecified atom stereocenters. The Labute approximate surface area is 106 Å². The van der Waals surface area contributed by atoms with Gasteiger partial charge in [-0.3, -0.25) is 0 Å². The Morgan fingerprint density at radius 1 is 1.18 bits per heavy atom. The molecular formula is C14H28N2O. The summed E-state index contributed by atoms with van der Waals surface area (Å²) >= 11 is 0. The molecule has 1 aliphatic carbocycles. The minimum atomic E-state index is 0.428. The van der Waals surface area contributed by atoms with Crippen LogP contribution in [0.4, 0.5) is 0 Å². The number of ether oxygens (including phenoxy) is 1. The molecule has 2 N–H and O–H groups in total. The van der Waals surface area contributed by atoms with Crippen LogP contribution in [0.1, 0.15) is 39.5 Å². The summed E-state index contributed by atoms with van der Waals surface area (Å²) in [5.74, 6) is 1.76. The quantitative estimate of drug-likeness (QED) is 0.797. The number of hydrogen-bond donors (Lipinski definition) is 1. The Morgan fingerprint density at radius 3 is 2.41 bits per heavy atom. The summed E-state index contributed by atoms with van der Waals surface area (Å²) in [6.07, 6.45) is 5.09. The highest BCUT2D eigenvalue weighted by Gasteiger charge is 2.28. The van der Waals surface area contributed by atoms with Crippen molar-refractivity contribution in [1.82, 2.24) is 4.90 Å². The number of hydrogen-bond acceptors (Lipinski definition) is 3. The molecule has 100 valence electrons. The molecule has 1 saturated heterocycles. The van der Waals surface area contributed by atoms with Gasteiger partial charge in [0.25, 0.3) is 0 Å². The van der Waals surface area contributed by atoms with Crippen LogP contribution in [0.2, 0.25) is 0 Å². The van der Waals surface area contributed by atoms with E-state index in [0.717, 1.165) is 50.7 Å². The SMILES string of the molecule is CC(C)C1CN(CCOC2CCC(N)CC2)C1. The standard InChI is InChI=1S/C14H28N2O/c1-11(2)12-9-16(10-12)7-8-17-14-5-3-13(15)4-6-14/h11-14H,3-10,15H2,1-2H3. The van der Waals surface area contributed by atoms with Gasteiger partial charge in [0.15, 0.2) is 0 Å². The zero-order valence-corrected chi connectivity index (χ0v) is 11.4. The topological polar surface area (TPSA) is 38.5 Å². The molecule has 2 fully saturated rings. The summed E-state index contributed by atoms with van der Waals surface area (Å²) in [5, 5.41) is 0. The van der Waals surface area contributed by atoms with Gasteiger partial charge in [0.2, 0.25) is 0 Å². The Bertz CT molecular complexity index is 218.